The molecule has 1 spiro atoms. The Morgan fingerprint density at radius 3 is 2.13 bits per heavy atom. The number of rotatable bonds is 3. The van der Waals surface area contributed by atoms with Crippen LogP contribution in [0.2, 0.25) is 0 Å². The predicted octanol–water partition coefficient (Wildman–Crippen LogP) is 4.28. The second-order valence-corrected chi connectivity index (χ2v) is 7.32. The van der Waals surface area contributed by atoms with Gasteiger partial charge in [-0.3, -0.25) is 4.90 Å². The van der Waals surface area contributed by atoms with Crippen LogP contribution in [0.25, 0.3) is 0 Å². The summed E-state index contributed by atoms with van der Waals surface area (Å²) in [5, 5.41) is 0. The number of nitrogens with two attached hydrogens (primary N) is 2. The summed E-state index contributed by atoms with van der Waals surface area (Å²) in [7, 11) is 0. The van der Waals surface area contributed by atoms with Crippen molar-refractivity contribution < 1.29 is 26.7 Å². The predicted molar refractivity (Wildman–Crippen MR) is 104 cm³/mol. The molecule has 4 N–H and O–H groups in total. The van der Waals surface area contributed by atoms with Crippen LogP contribution in [0.4, 0.5) is 27.6 Å². The van der Waals surface area contributed by atoms with Gasteiger partial charge in [-0.25, -0.2) is 18.2 Å². The van der Waals surface area contributed by atoms with Crippen LogP contribution in [-0.2, 0) is 0 Å². The fourth-order valence-electron chi connectivity index (χ4n) is 3.97. The number of aliphatic imine (C=N–C) groups is 2. The van der Waals surface area contributed by atoms with Crippen LogP contribution < -0.4 is 21.1 Å². The molecule has 0 atom stereocenters. The first-order valence-corrected chi connectivity index (χ1v) is 9.52. The summed E-state index contributed by atoms with van der Waals surface area (Å²) < 4.78 is 73.3. The lowest BCUT2D eigenvalue weighted by Gasteiger charge is -2.45. The lowest BCUT2D eigenvalue weighted by Crippen LogP contribution is -2.58. The van der Waals surface area contributed by atoms with Crippen LogP contribution in [-0.4, -0.2) is 17.6 Å². The van der Waals surface area contributed by atoms with Crippen LogP contribution in [0.3, 0.4) is 0 Å². The second-order valence-electron chi connectivity index (χ2n) is 7.32. The Balaban J connectivity index is 1.74. The minimum absolute atomic E-state index is 0.0458. The number of nitrogens with zero attached hydrogens (tertiary/aromatic N) is 3. The first kappa shape index (κ1) is 20.9. The van der Waals surface area contributed by atoms with Crippen LogP contribution in [0.1, 0.15) is 32.1 Å². The monoisotopic (exact) mass is 439 g/mol. The summed E-state index contributed by atoms with van der Waals surface area (Å²) >= 11 is 0. The fraction of sp³-hybridized carbons (Fsp3) is 0.300. The lowest BCUT2D eigenvalue weighted by molar-refractivity contribution is 0.305. The first-order valence-electron chi connectivity index (χ1n) is 9.52. The normalized spacial score (nSPS) is 18.0. The first-order chi connectivity index (χ1) is 14.7. The Bertz CT molecular complexity index is 1070. The molecule has 1 saturated carbocycles. The van der Waals surface area contributed by atoms with E-state index in [-0.39, 0.29) is 17.7 Å². The van der Waals surface area contributed by atoms with E-state index in [1.165, 1.54) is 18.2 Å². The Hall–Kier alpha value is -3.37. The van der Waals surface area contributed by atoms with E-state index >= 15 is 0 Å². The van der Waals surface area contributed by atoms with Gasteiger partial charge in [-0.05, 0) is 37.8 Å². The summed E-state index contributed by atoms with van der Waals surface area (Å²) in [6, 6.07) is 5.79. The minimum atomic E-state index is -2.26. The van der Waals surface area contributed by atoms with E-state index < -0.39 is 40.5 Å². The van der Waals surface area contributed by atoms with Crippen molar-refractivity contribution in [1.29, 1.82) is 0 Å². The number of benzene rings is 2. The maximum Gasteiger partial charge on any atom is 0.220 e. The molecule has 164 valence electrons. The number of hydrogen-bond acceptors (Lipinski definition) is 6. The van der Waals surface area contributed by atoms with E-state index in [0.29, 0.717) is 18.5 Å². The Kier molecular flexibility index (Phi) is 5.19. The zero-order valence-electron chi connectivity index (χ0n) is 16.1. The molecular weight excluding hydrogens is 421 g/mol. The van der Waals surface area contributed by atoms with Crippen molar-refractivity contribution >= 4 is 17.6 Å². The third kappa shape index (κ3) is 3.53. The molecule has 6 nitrogen and oxygen atoms in total. The van der Waals surface area contributed by atoms with Gasteiger partial charge < -0.3 is 16.2 Å². The molecule has 0 unspecified atom stereocenters. The van der Waals surface area contributed by atoms with E-state index in [1.54, 1.807) is 11.0 Å². The van der Waals surface area contributed by atoms with E-state index in [1.807, 2.05) is 0 Å². The van der Waals surface area contributed by atoms with E-state index in [0.717, 1.165) is 19.3 Å². The smallest absolute Gasteiger partial charge is 0.220 e. The summed E-state index contributed by atoms with van der Waals surface area (Å²) in [4.78, 5) is 10.2. The Morgan fingerprint density at radius 1 is 0.871 bits per heavy atom. The maximum absolute atomic E-state index is 14.0. The molecule has 0 radical (unpaired) electrons. The summed E-state index contributed by atoms with van der Waals surface area (Å²) in [6.07, 6.45) is 4.06. The highest BCUT2D eigenvalue weighted by molar-refractivity contribution is 6.05. The van der Waals surface area contributed by atoms with Crippen molar-refractivity contribution in [3.05, 3.63) is 53.4 Å². The number of hydrogen-bond donors (Lipinski definition) is 2. The average molecular weight is 439 g/mol. The standard InChI is InChI=1S/C20H18F5N5O/c21-12-13(22)15(24)17(16(25)14(12)23)31-11-6-4-5-10(9-11)30-19(27)28-18(26)29-20(30)7-2-1-3-8-20/h4-6,9H,1-3,7-8H2,(H4,26,27,28,29). The largest absolute Gasteiger partial charge is 0.451 e. The van der Waals surface area contributed by atoms with Gasteiger partial charge in [0, 0.05) is 11.8 Å². The molecule has 2 aromatic carbocycles. The number of anilines is 1. The Labute approximate surface area is 174 Å². The molecule has 0 bridgehead atoms. The molecule has 0 saturated heterocycles. The zero-order valence-corrected chi connectivity index (χ0v) is 16.1. The van der Waals surface area contributed by atoms with Gasteiger partial charge in [0.1, 0.15) is 11.4 Å². The minimum Gasteiger partial charge on any atom is -0.451 e. The molecule has 2 aromatic rings. The molecule has 11 heteroatoms. The van der Waals surface area contributed by atoms with Crippen molar-refractivity contribution in [3.63, 3.8) is 0 Å². The zero-order chi connectivity index (χ0) is 22.3. The van der Waals surface area contributed by atoms with Crippen LogP contribution in [0.5, 0.6) is 11.5 Å². The molecule has 1 fully saturated rings. The molecule has 1 aliphatic heterocycles. The highest BCUT2D eigenvalue weighted by Gasteiger charge is 2.42. The SMILES string of the molecule is NC1=NC2(CCCCC2)N(c2cccc(Oc3c(F)c(F)c(F)c(F)c3F)c2)C(N)=N1. The summed E-state index contributed by atoms with van der Waals surface area (Å²) in [6.45, 7) is 0. The van der Waals surface area contributed by atoms with Gasteiger partial charge in [-0.2, -0.15) is 13.8 Å². The topological polar surface area (TPSA) is 89.2 Å². The average Bonchev–Trinajstić information content (AvgIpc) is 2.74. The molecule has 4 rings (SSSR count). The van der Waals surface area contributed by atoms with Gasteiger partial charge in [-0.1, -0.05) is 12.5 Å². The summed E-state index contributed by atoms with van der Waals surface area (Å²) in [5.41, 5.74) is 11.6. The molecule has 1 heterocycles. The van der Waals surface area contributed by atoms with Gasteiger partial charge in [0.05, 0.1) is 0 Å². The molecular formula is C20H18F5N5O. The van der Waals surface area contributed by atoms with E-state index in [9.17, 15) is 22.0 Å². The van der Waals surface area contributed by atoms with E-state index in [4.69, 9.17) is 16.2 Å². The van der Waals surface area contributed by atoms with Crippen molar-refractivity contribution in [3.8, 4) is 11.5 Å². The van der Waals surface area contributed by atoms with Crippen LogP contribution in [0, 0.1) is 29.1 Å². The van der Waals surface area contributed by atoms with Crippen molar-refractivity contribution in [1.82, 2.24) is 0 Å². The third-order valence-corrected chi connectivity index (χ3v) is 5.32. The van der Waals surface area contributed by atoms with Gasteiger partial charge >= 0.3 is 0 Å². The number of guanidine groups is 2. The Morgan fingerprint density at radius 2 is 1.48 bits per heavy atom. The van der Waals surface area contributed by atoms with Gasteiger partial charge in [-0.15, -0.1) is 0 Å². The molecule has 0 amide bonds. The third-order valence-electron chi connectivity index (χ3n) is 5.32. The highest BCUT2D eigenvalue weighted by Crippen LogP contribution is 2.41. The van der Waals surface area contributed by atoms with Gasteiger partial charge in [0.2, 0.25) is 46.8 Å². The number of halogens is 5. The van der Waals surface area contributed by atoms with Crippen LogP contribution >= 0.6 is 0 Å². The quantitative estimate of drug-likeness (QED) is 0.424. The summed E-state index contributed by atoms with van der Waals surface area (Å²) in [5.74, 6) is -12.0. The van der Waals surface area contributed by atoms with Gasteiger partial charge in [0.25, 0.3) is 0 Å². The highest BCUT2D eigenvalue weighted by atomic mass is 19.2. The van der Waals surface area contributed by atoms with Gasteiger partial charge in [0.15, 0.2) is 0 Å². The van der Waals surface area contributed by atoms with Crippen molar-refractivity contribution in [2.45, 2.75) is 37.8 Å². The number of ether oxygens (including phenoxy) is 1. The van der Waals surface area contributed by atoms with Crippen molar-refractivity contribution in [2.75, 3.05) is 4.90 Å². The molecule has 2 aliphatic rings. The fourth-order valence-corrected chi connectivity index (χ4v) is 3.97. The van der Waals surface area contributed by atoms with Crippen molar-refractivity contribution in [2.24, 2.45) is 21.5 Å². The molecule has 1 aliphatic carbocycles. The molecule has 31 heavy (non-hydrogen) atoms. The second kappa shape index (κ2) is 7.71. The maximum atomic E-state index is 14.0. The van der Waals surface area contributed by atoms with E-state index in [2.05, 4.69) is 9.98 Å². The molecule has 0 aromatic heterocycles. The van der Waals surface area contributed by atoms with Crippen LogP contribution in [0.15, 0.2) is 34.3 Å². The lowest BCUT2D eigenvalue weighted by atomic mass is 9.87.